The van der Waals surface area contributed by atoms with Crippen LogP contribution in [0.15, 0.2) is 48.6 Å². The molecular formula is C16H27NO. The van der Waals surface area contributed by atoms with E-state index in [0.717, 1.165) is 25.7 Å². The summed E-state index contributed by atoms with van der Waals surface area (Å²) < 4.78 is 0. The van der Waals surface area contributed by atoms with E-state index in [2.05, 4.69) is 37.3 Å². The van der Waals surface area contributed by atoms with Gasteiger partial charge in [0.05, 0.1) is 6.10 Å². The Kier molecular flexibility index (Phi) is 11.6. The molecule has 0 heterocycles. The normalized spacial score (nSPS) is 16.4. The lowest BCUT2D eigenvalue weighted by Crippen LogP contribution is -2.29. The van der Waals surface area contributed by atoms with Crippen molar-refractivity contribution in [3.63, 3.8) is 0 Å². The van der Waals surface area contributed by atoms with Gasteiger partial charge in [-0.15, -0.1) is 0 Å². The van der Waals surface area contributed by atoms with E-state index in [1.54, 1.807) is 13.0 Å². The van der Waals surface area contributed by atoms with Gasteiger partial charge in [0, 0.05) is 6.04 Å². The number of allylic oxidation sites excluding steroid dienone is 7. The van der Waals surface area contributed by atoms with Gasteiger partial charge in [0.25, 0.3) is 0 Å². The van der Waals surface area contributed by atoms with Crippen molar-refractivity contribution in [3.05, 3.63) is 48.6 Å². The Balaban J connectivity index is 3.57. The quantitative estimate of drug-likeness (QED) is 0.373. The predicted octanol–water partition coefficient (Wildman–Crippen LogP) is 3.50. The minimum absolute atomic E-state index is 0.214. The summed E-state index contributed by atoms with van der Waals surface area (Å²) in [6.45, 7) is 3.93. The van der Waals surface area contributed by atoms with E-state index in [1.807, 2.05) is 12.2 Å². The van der Waals surface area contributed by atoms with Gasteiger partial charge in [-0.25, -0.2) is 0 Å². The fourth-order valence-corrected chi connectivity index (χ4v) is 1.28. The Bertz CT molecular complexity index is 287. The molecule has 0 fully saturated rings. The van der Waals surface area contributed by atoms with Crippen LogP contribution in [-0.4, -0.2) is 17.3 Å². The van der Waals surface area contributed by atoms with Crippen molar-refractivity contribution in [1.29, 1.82) is 0 Å². The standard InChI is InChI=1S/C16H27NO/c1-3-4-5-6-7-8-9-10-11-12-13-14-16(18)15(2)17/h4-5,7-8,11-16,18H,3,6,9-10,17H2,1-2H3. The fraction of sp³-hybridized carbons (Fsp3) is 0.500. The van der Waals surface area contributed by atoms with Gasteiger partial charge in [0.2, 0.25) is 0 Å². The van der Waals surface area contributed by atoms with E-state index >= 15 is 0 Å². The van der Waals surface area contributed by atoms with Crippen LogP contribution in [0.1, 0.15) is 39.5 Å². The molecule has 18 heavy (non-hydrogen) atoms. The Morgan fingerprint density at radius 2 is 1.67 bits per heavy atom. The van der Waals surface area contributed by atoms with Gasteiger partial charge in [-0.2, -0.15) is 0 Å². The highest BCUT2D eigenvalue weighted by Gasteiger charge is 2.02. The lowest BCUT2D eigenvalue weighted by atomic mass is 10.2. The highest BCUT2D eigenvalue weighted by atomic mass is 16.3. The molecule has 102 valence electrons. The van der Waals surface area contributed by atoms with Crippen LogP contribution in [0.25, 0.3) is 0 Å². The van der Waals surface area contributed by atoms with Crippen LogP contribution in [-0.2, 0) is 0 Å². The molecule has 0 spiro atoms. The first-order valence-corrected chi connectivity index (χ1v) is 6.75. The van der Waals surface area contributed by atoms with Crippen LogP contribution in [0.5, 0.6) is 0 Å². The van der Waals surface area contributed by atoms with Gasteiger partial charge in [-0.3, -0.25) is 0 Å². The van der Waals surface area contributed by atoms with Gasteiger partial charge in [0.15, 0.2) is 0 Å². The molecule has 0 aromatic heterocycles. The van der Waals surface area contributed by atoms with Crippen LogP contribution >= 0.6 is 0 Å². The van der Waals surface area contributed by atoms with Crippen LogP contribution in [0, 0.1) is 0 Å². The molecule has 0 aliphatic carbocycles. The Hall–Kier alpha value is -1.12. The molecule has 3 N–H and O–H groups in total. The first-order chi connectivity index (χ1) is 8.68. The largest absolute Gasteiger partial charge is 0.387 e. The molecule has 0 amide bonds. The second-order valence-electron chi connectivity index (χ2n) is 4.33. The van der Waals surface area contributed by atoms with Gasteiger partial charge in [0.1, 0.15) is 0 Å². The lowest BCUT2D eigenvalue weighted by molar-refractivity contribution is 0.198. The fourth-order valence-electron chi connectivity index (χ4n) is 1.28. The number of aliphatic hydroxyl groups excluding tert-OH is 1. The third-order valence-electron chi connectivity index (χ3n) is 2.44. The highest BCUT2D eigenvalue weighted by molar-refractivity contribution is 5.06. The highest BCUT2D eigenvalue weighted by Crippen LogP contribution is 1.97. The number of rotatable bonds is 9. The van der Waals surface area contributed by atoms with Crippen LogP contribution < -0.4 is 5.73 Å². The van der Waals surface area contributed by atoms with Crippen LogP contribution in [0.2, 0.25) is 0 Å². The molecule has 0 aliphatic heterocycles. The van der Waals surface area contributed by atoms with Crippen LogP contribution in [0.3, 0.4) is 0 Å². The summed E-state index contributed by atoms with van der Waals surface area (Å²) in [6.07, 6.45) is 20.0. The Morgan fingerprint density at radius 3 is 2.33 bits per heavy atom. The summed E-state index contributed by atoms with van der Waals surface area (Å²) in [5.41, 5.74) is 5.53. The number of hydrogen-bond acceptors (Lipinski definition) is 2. The Morgan fingerprint density at radius 1 is 1.00 bits per heavy atom. The van der Waals surface area contributed by atoms with E-state index in [4.69, 9.17) is 5.73 Å². The molecule has 0 radical (unpaired) electrons. The number of unbranched alkanes of at least 4 members (excludes halogenated alkanes) is 1. The van der Waals surface area contributed by atoms with Crippen molar-refractivity contribution in [2.45, 2.75) is 51.7 Å². The Labute approximate surface area is 112 Å². The van der Waals surface area contributed by atoms with E-state index in [9.17, 15) is 5.11 Å². The second kappa shape index (κ2) is 12.3. The molecule has 0 bridgehead atoms. The molecule has 0 aliphatic rings. The molecular weight excluding hydrogens is 222 g/mol. The van der Waals surface area contributed by atoms with E-state index in [-0.39, 0.29) is 6.04 Å². The summed E-state index contributed by atoms with van der Waals surface area (Å²) in [5, 5.41) is 9.41. The zero-order valence-corrected chi connectivity index (χ0v) is 11.6. The maximum Gasteiger partial charge on any atom is 0.0872 e. The maximum absolute atomic E-state index is 9.41. The topological polar surface area (TPSA) is 46.2 Å². The molecule has 0 aromatic carbocycles. The molecule has 0 saturated heterocycles. The summed E-state index contributed by atoms with van der Waals surface area (Å²) in [4.78, 5) is 0. The maximum atomic E-state index is 9.41. The summed E-state index contributed by atoms with van der Waals surface area (Å²) >= 11 is 0. The summed E-state index contributed by atoms with van der Waals surface area (Å²) in [6, 6.07) is -0.214. The third kappa shape index (κ3) is 11.4. The molecule has 0 rings (SSSR count). The monoisotopic (exact) mass is 249 g/mol. The molecule has 2 heteroatoms. The average molecular weight is 249 g/mol. The van der Waals surface area contributed by atoms with E-state index < -0.39 is 6.10 Å². The predicted molar refractivity (Wildman–Crippen MR) is 80.4 cm³/mol. The van der Waals surface area contributed by atoms with Crippen LogP contribution in [0.4, 0.5) is 0 Å². The molecule has 2 atom stereocenters. The van der Waals surface area contributed by atoms with Gasteiger partial charge in [-0.05, 0) is 32.6 Å². The first kappa shape index (κ1) is 16.9. The molecule has 0 aromatic rings. The van der Waals surface area contributed by atoms with Crippen molar-refractivity contribution in [2.75, 3.05) is 0 Å². The average Bonchev–Trinajstić information content (AvgIpc) is 2.35. The van der Waals surface area contributed by atoms with Crippen molar-refractivity contribution in [1.82, 2.24) is 0 Å². The van der Waals surface area contributed by atoms with Gasteiger partial charge >= 0.3 is 0 Å². The second-order valence-corrected chi connectivity index (χ2v) is 4.33. The SMILES string of the molecule is CCC=CCC=CCCC=CC=CC(O)C(C)N. The van der Waals surface area contributed by atoms with Crippen molar-refractivity contribution in [3.8, 4) is 0 Å². The van der Waals surface area contributed by atoms with Crippen molar-refractivity contribution < 1.29 is 5.11 Å². The lowest BCUT2D eigenvalue weighted by Gasteiger charge is -2.07. The smallest absolute Gasteiger partial charge is 0.0872 e. The number of nitrogens with two attached hydrogens (primary N) is 1. The third-order valence-corrected chi connectivity index (χ3v) is 2.44. The van der Waals surface area contributed by atoms with Crippen molar-refractivity contribution in [2.24, 2.45) is 5.73 Å². The van der Waals surface area contributed by atoms with E-state index in [0.29, 0.717) is 0 Å². The number of hydrogen-bond donors (Lipinski definition) is 2. The zero-order valence-electron chi connectivity index (χ0n) is 11.6. The van der Waals surface area contributed by atoms with E-state index in [1.165, 1.54) is 0 Å². The summed E-state index contributed by atoms with van der Waals surface area (Å²) in [7, 11) is 0. The van der Waals surface area contributed by atoms with Gasteiger partial charge < -0.3 is 10.8 Å². The minimum Gasteiger partial charge on any atom is -0.387 e. The zero-order chi connectivity index (χ0) is 13.6. The summed E-state index contributed by atoms with van der Waals surface area (Å²) in [5.74, 6) is 0. The first-order valence-electron chi connectivity index (χ1n) is 6.75. The number of aliphatic hydroxyl groups is 1. The van der Waals surface area contributed by atoms with Gasteiger partial charge in [-0.1, -0.05) is 55.5 Å². The molecule has 2 unspecified atom stereocenters. The molecule has 2 nitrogen and oxygen atoms in total. The minimum atomic E-state index is -0.556. The molecule has 0 saturated carbocycles. The van der Waals surface area contributed by atoms with Crippen molar-refractivity contribution >= 4 is 0 Å².